The molecule has 2 nitrogen and oxygen atoms in total. The molecule has 0 radical (unpaired) electrons. The fourth-order valence-corrected chi connectivity index (χ4v) is 3.33. The Morgan fingerprint density at radius 3 is 2.79 bits per heavy atom. The van der Waals surface area contributed by atoms with Gasteiger partial charge in [-0.1, -0.05) is 23.9 Å². The van der Waals surface area contributed by atoms with E-state index in [1.165, 1.54) is 15.6 Å². The van der Waals surface area contributed by atoms with Crippen LogP contribution in [-0.4, -0.2) is 7.05 Å². The van der Waals surface area contributed by atoms with Crippen molar-refractivity contribution in [3.8, 4) is 0 Å². The summed E-state index contributed by atoms with van der Waals surface area (Å²) in [5.74, 6) is 0. The van der Waals surface area contributed by atoms with Crippen molar-refractivity contribution >= 4 is 35.1 Å². The molecule has 0 fully saturated rings. The minimum atomic E-state index is 0.734. The van der Waals surface area contributed by atoms with Crippen LogP contribution in [0.2, 0.25) is 5.15 Å². The molecule has 1 aromatic heterocycles. The summed E-state index contributed by atoms with van der Waals surface area (Å²) >= 11 is 7.92. The summed E-state index contributed by atoms with van der Waals surface area (Å²) in [6, 6.07) is 12.5. The summed E-state index contributed by atoms with van der Waals surface area (Å²) in [5.41, 5.74) is 2.37. The van der Waals surface area contributed by atoms with Crippen LogP contribution in [0.25, 0.3) is 6.08 Å². The van der Waals surface area contributed by atoms with E-state index in [0.717, 1.165) is 10.7 Å². The maximum Gasteiger partial charge on any atom is 0.275 e. The van der Waals surface area contributed by atoms with Gasteiger partial charge in [0.2, 0.25) is 0 Å². The van der Waals surface area contributed by atoms with Crippen LogP contribution in [-0.2, 0) is 7.05 Å². The summed E-state index contributed by atoms with van der Waals surface area (Å²) < 4.78 is 1.89. The Balaban J connectivity index is 1.96. The molecule has 0 saturated carbocycles. The van der Waals surface area contributed by atoms with E-state index in [9.17, 15) is 0 Å². The first-order valence-corrected chi connectivity index (χ1v) is 7.22. The van der Waals surface area contributed by atoms with Crippen LogP contribution in [0.1, 0.15) is 5.56 Å². The maximum absolute atomic E-state index is 6.14. The van der Waals surface area contributed by atoms with Crippen LogP contribution in [0.5, 0.6) is 0 Å². The molecule has 0 bridgehead atoms. The zero-order valence-corrected chi connectivity index (χ0v) is 12.4. The fourth-order valence-electron chi connectivity index (χ4n) is 2.04. The Kier molecular flexibility index (Phi) is 3.25. The molecular weight excluding hydrogens is 276 g/mol. The molecular formula is C15H14ClN2S+. The number of thioether (sulfide) groups is 1. The molecule has 2 heterocycles. The van der Waals surface area contributed by atoms with Crippen molar-refractivity contribution in [3.05, 3.63) is 58.3 Å². The largest absolute Gasteiger partial charge is 0.338 e. The highest BCUT2D eigenvalue weighted by Crippen LogP contribution is 2.45. The first kappa shape index (κ1) is 12.6. The molecule has 1 aromatic carbocycles. The van der Waals surface area contributed by atoms with Crippen molar-refractivity contribution in [2.24, 2.45) is 7.05 Å². The number of hydrogen-bond donors (Lipinski definition) is 0. The van der Waals surface area contributed by atoms with Crippen molar-refractivity contribution in [2.45, 2.75) is 4.90 Å². The highest BCUT2D eigenvalue weighted by atomic mass is 35.5. The minimum absolute atomic E-state index is 0.734. The van der Waals surface area contributed by atoms with E-state index >= 15 is 0 Å². The number of para-hydroxylation sites is 1. The van der Waals surface area contributed by atoms with Crippen molar-refractivity contribution in [3.63, 3.8) is 0 Å². The number of nitrogens with zero attached hydrogens (tertiary/aromatic N) is 2. The van der Waals surface area contributed by atoms with Crippen LogP contribution in [0, 0.1) is 0 Å². The summed E-state index contributed by atoms with van der Waals surface area (Å²) in [5, 5.41) is 1.95. The number of aryl methyl sites for hydroxylation is 1. The number of halogens is 1. The number of pyridine rings is 1. The second-order valence-corrected chi connectivity index (χ2v) is 5.95. The molecule has 1 aliphatic heterocycles. The molecule has 1 aliphatic rings. The van der Waals surface area contributed by atoms with Crippen LogP contribution >= 0.6 is 23.4 Å². The van der Waals surface area contributed by atoms with Crippen LogP contribution in [0.15, 0.2) is 52.5 Å². The van der Waals surface area contributed by atoms with Gasteiger partial charge in [0.05, 0.1) is 10.7 Å². The lowest BCUT2D eigenvalue weighted by molar-refractivity contribution is -0.669. The summed E-state index contributed by atoms with van der Waals surface area (Å²) in [6.07, 6.45) is 4.14. The van der Waals surface area contributed by atoms with Crippen LogP contribution < -0.4 is 9.47 Å². The van der Waals surface area contributed by atoms with Gasteiger partial charge in [-0.15, -0.1) is 0 Å². The van der Waals surface area contributed by atoms with Crippen molar-refractivity contribution < 1.29 is 4.57 Å². The third-order valence-corrected chi connectivity index (χ3v) is 4.72. The third-order valence-electron chi connectivity index (χ3n) is 3.18. The highest BCUT2D eigenvalue weighted by molar-refractivity contribution is 8.03. The number of aromatic nitrogens is 1. The zero-order valence-electron chi connectivity index (χ0n) is 10.8. The van der Waals surface area contributed by atoms with E-state index in [1.54, 1.807) is 11.8 Å². The SMILES string of the molecule is CN1C(=Cc2cc[n+](C)c(Cl)c2)Sc2ccccc21. The summed E-state index contributed by atoms with van der Waals surface area (Å²) in [4.78, 5) is 3.50. The molecule has 4 heteroatoms. The monoisotopic (exact) mass is 289 g/mol. The van der Waals surface area contributed by atoms with Gasteiger partial charge in [-0.3, -0.25) is 0 Å². The van der Waals surface area contributed by atoms with Gasteiger partial charge in [-0.25, -0.2) is 0 Å². The average Bonchev–Trinajstić information content (AvgIpc) is 2.72. The molecule has 0 aliphatic carbocycles. The molecule has 0 spiro atoms. The van der Waals surface area contributed by atoms with Gasteiger partial charge in [0, 0.05) is 24.1 Å². The predicted molar refractivity (Wildman–Crippen MR) is 81.3 cm³/mol. The summed E-state index contributed by atoms with van der Waals surface area (Å²) in [7, 11) is 4.03. The number of hydrogen-bond acceptors (Lipinski definition) is 2. The molecule has 19 heavy (non-hydrogen) atoms. The Bertz CT molecular complexity index is 667. The number of benzene rings is 1. The lowest BCUT2D eigenvalue weighted by Crippen LogP contribution is -2.28. The number of fused-ring (bicyclic) bond motifs is 1. The van der Waals surface area contributed by atoms with E-state index < -0.39 is 0 Å². The average molecular weight is 290 g/mol. The number of rotatable bonds is 1. The normalized spacial score (nSPS) is 15.9. The van der Waals surface area contributed by atoms with Crippen molar-refractivity contribution in [2.75, 3.05) is 11.9 Å². The van der Waals surface area contributed by atoms with E-state index in [-0.39, 0.29) is 0 Å². The fraction of sp³-hybridized carbons (Fsp3) is 0.133. The molecule has 0 unspecified atom stereocenters. The van der Waals surface area contributed by atoms with Gasteiger partial charge in [-0.2, -0.15) is 4.57 Å². The Morgan fingerprint density at radius 2 is 2.05 bits per heavy atom. The van der Waals surface area contributed by atoms with Crippen molar-refractivity contribution in [1.82, 2.24) is 0 Å². The minimum Gasteiger partial charge on any atom is -0.338 e. The Morgan fingerprint density at radius 1 is 1.26 bits per heavy atom. The number of anilines is 1. The lowest BCUT2D eigenvalue weighted by Gasteiger charge is -2.13. The highest BCUT2D eigenvalue weighted by Gasteiger charge is 2.21. The molecule has 0 saturated heterocycles. The summed E-state index contributed by atoms with van der Waals surface area (Å²) in [6.45, 7) is 0. The smallest absolute Gasteiger partial charge is 0.275 e. The van der Waals surface area contributed by atoms with Gasteiger partial charge in [-0.05, 0) is 35.4 Å². The quantitative estimate of drug-likeness (QED) is 0.584. The van der Waals surface area contributed by atoms with Crippen LogP contribution in [0.3, 0.4) is 0 Å². The molecule has 3 rings (SSSR count). The first-order chi connectivity index (χ1) is 9.15. The van der Waals surface area contributed by atoms with Gasteiger partial charge >= 0.3 is 0 Å². The predicted octanol–water partition coefficient (Wildman–Crippen LogP) is 3.71. The van der Waals surface area contributed by atoms with Gasteiger partial charge < -0.3 is 4.90 Å². The lowest BCUT2D eigenvalue weighted by atomic mass is 10.2. The van der Waals surface area contributed by atoms with Gasteiger partial charge in [0.1, 0.15) is 7.05 Å². The van der Waals surface area contributed by atoms with E-state index in [4.69, 9.17) is 11.6 Å². The zero-order chi connectivity index (χ0) is 13.4. The maximum atomic E-state index is 6.14. The Hall–Kier alpha value is -1.45. The standard InChI is InChI=1S/C15H14ClN2S/c1-17-8-7-11(9-14(17)16)10-15-18(2)12-5-3-4-6-13(12)19-15/h3-10H,1-2H3/q+1. The molecule has 96 valence electrons. The molecule has 2 aromatic rings. The van der Waals surface area contributed by atoms with E-state index in [0.29, 0.717) is 0 Å². The topological polar surface area (TPSA) is 7.12 Å². The second kappa shape index (κ2) is 4.91. The first-order valence-electron chi connectivity index (χ1n) is 6.02. The molecule has 0 atom stereocenters. The van der Waals surface area contributed by atoms with Crippen LogP contribution in [0.4, 0.5) is 5.69 Å². The molecule has 0 N–H and O–H groups in total. The second-order valence-electron chi connectivity index (χ2n) is 4.51. The Labute approximate surface area is 122 Å². The van der Waals surface area contributed by atoms with Crippen molar-refractivity contribution in [1.29, 1.82) is 0 Å². The van der Waals surface area contributed by atoms with E-state index in [1.807, 2.05) is 23.9 Å². The van der Waals surface area contributed by atoms with Gasteiger partial charge in [0.25, 0.3) is 5.15 Å². The van der Waals surface area contributed by atoms with E-state index in [2.05, 4.69) is 48.4 Å². The molecule has 0 amide bonds. The third kappa shape index (κ3) is 2.36. The van der Waals surface area contributed by atoms with Gasteiger partial charge in [0.15, 0.2) is 6.20 Å².